The van der Waals surface area contributed by atoms with Crippen molar-refractivity contribution >= 4 is 10.9 Å². The van der Waals surface area contributed by atoms with E-state index in [1.54, 1.807) is 6.07 Å². The quantitative estimate of drug-likeness (QED) is 0.727. The molecule has 4 rings (SSSR count). The molecule has 3 nitrogen and oxygen atoms in total. The Balaban J connectivity index is 1.82. The van der Waals surface area contributed by atoms with E-state index in [0.29, 0.717) is 6.04 Å². The van der Waals surface area contributed by atoms with Crippen LogP contribution in [0.2, 0.25) is 0 Å². The summed E-state index contributed by atoms with van der Waals surface area (Å²) < 4.78 is 16.9. The number of para-hydroxylation sites is 1. The van der Waals surface area contributed by atoms with Gasteiger partial charge in [-0.25, -0.2) is 4.39 Å². The van der Waals surface area contributed by atoms with Crippen LogP contribution in [0.25, 0.3) is 10.9 Å². The molecule has 3 heterocycles. The van der Waals surface area contributed by atoms with Gasteiger partial charge in [-0.1, -0.05) is 12.1 Å². The van der Waals surface area contributed by atoms with E-state index in [4.69, 9.17) is 0 Å². The zero-order valence-electron chi connectivity index (χ0n) is 14.2. The molecule has 0 fully saturated rings. The number of nitrogens with zero attached hydrogens (tertiary/aromatic N) is 3. The lowest BCUT2D eigenvalue weighted by molar-refractivity contribution is 0.245. The lowest BCUT2D eigenvalue weighted by Crippen LogP contribution is -2.31. The Morgan fingerprint density at radius 3 is 2.79 bits per heavy atom. The van der Waals surface area contributed by atoms with Crippen LogP contribution in [0.3, 0.4) is 0 Å². The van der Waals surface area contributed by atoms with E-state index in [1.807, 2.05) is 30.6 Å². The van der Waals surface area contributed by atoms with Crippen molar-refractivity contribution in [3.05, 3.63) is 65.4 Å². The normalized spacial score (nSPS) is 18.0. The third kappa shape index (κ3) is 2.42. The maximum Gasteiger partial charge on any atom is 0.147 e. The smallest absolute Gasteiger partial charge is 0.147 e. The van der Waals surface area contributed by atoms with Crippen molar-refractivity contribution < 1.29 is 4.39 Å². The zero-order chi connectivity index (χ0) is 16.7. The van der Waals surface area contributed by atoms with Gasteiger partial charge in [0.2, 0.25) is 0 Å². The fourth-order valence-corrected chi connectivity index (χ4v) is 3.91. The molecule has 0 N–H and O–H groups in total. The highest BCUT2D eigenvalue weighted by Gasteiger charge is 2.28. The number of fused-ring (bicyclic) bond motifs is 3. The van der Waals surface area contributed by atoms with Crippen LogP contribution in [0.4, 0.5) is 4.39 Å². The lowest BCUT2D eigenvalue weighted by atomic mass is 9.97. The maximum absolute atomic E-state index is 14.6. The first-order valence-electron chi connectivity index (χ1n) is 8.55. The lowest BCUT2D eigenvalue weighted by Gasteiger charge is -2.31. The number of likely N-dealkylation sites (N-methyl/N-ethyl adjacent to an activating group) is 1. The molecule has 3 aromatic rings. The molecule has 0 spiro atoms. The summed E-state index contributed by atoms with van der Waals surface area (Å²) >= 11 is 0. The molecule has 0 amide bonds. The summed E-state index contributed by atoms with van der Waals surface area (Å²) in [6.45, 7) is 4.03. The third-order valence-electron chi connectivity index (χ3n) is 5.34. The van der Waals surface area contributed by atoms with E-state index in [-0.39, 0.29) is 5.82 Å². The molecule has 1 unspecified atom stereocenters. The maximum atomic E-state index is 14.6. The van der Waals surface area contributed by atoms with Gasteiger partial charge in [-0.15, -0.1) is 0 Å². The SMILES string of the molecule is CC1c2c(n(CCc3ccncc3)c3c(F)cccc23)CCN1C. The summed E-state index contributed by atoms with van der Waals surface area (Å²) in [5, 5.41) is 1.07. The molecule has 1 aliphatic heterocycles. The molecule has 4 heteroatoms. The second-order valence-electron chi connectivity index (χ2n) is 6.66. The Hall–Kier alpha value is -2.20. The number of aryl methyl sites for hydroxylation is 2. The van der Waals surface area contributed by atoms with Crippen molar-refractivity contribution in [1.29, 1.82) is 0 Å². The summed E-state index contributed by atoms with van der Waals surface area (Å²) in [5.41, 5.74) is 4.60. The van der Waals surface area contributed by atoms with Crippen LogP contribution < -0.4 is 0 Å². The number of halogens is 1. The fraction of sp³-hybridized carbons (Fsp3) is 0.350. The Kier molecular flexibility index (Phi) is 3.85. The highest BCUT2D eigenvalue weighted by atomic mass is 19.1. The van der Waals surface area contributed by atoms with Crippen LogP contribution in [0.5, 0.6) is 0 Å². The second-order valence-corrected chi connectivity index (χ2v) is 6.66. The van der Waals surface area contributed by atoms with Crippen LogP contribution in [-0.2, 0) is 19.4 Å². The van der Waals surface area contributed by atoms with Crippen LogP contribution in [0.15, 0.2) is 42.7 Å². The van der Waals surface area contributed by atoms with Crippen molar-refractivity contribution in [2.45, 2.75) is 32.4 Å². The Morgan fingerprint density at radius 2 is 2.00 bits per heavy atom. The summed E-state index contributed by atoms with van der Waals surface area (Å²) in [6.07, 6.45) is 5.49. The number of benzene rings is 1. The van der Waals surface area contributed by atoms with E-state index < -0.39 is 0 Å². The number of aromatic nitrogens is 2. The minimum Gasteiger partial charge on any atom is -0.342 e. The van der Waals surface area contributed by atoms with Gasteiger partial charge in [-0.3, -0.25) is 9.88 Å². The number of hydrogen-bond donors (Lipinski definition) is 0. The van der Waals surface area contributed by atoms with Crippen molar-refractivity contribution in [2.24, 2.45) is 0 Å². The summed E-state index contributed by atoms with van der Waals surface area (Å²) in [6, 6.07) is 9.85. The molecular formula is C20H22FN3. The number of rotatable bonds is 3. The molecule has 1 aromatic carbocycles. The summed E-state index contributed by atoms with van der Waals surface area (Å²) in [4.78, 5) is 6.42. The van der Waals surface area contributed by atoms with Crippen LogP contribution in [0.1, 0.15) is 29.8 Å². The predicted molar refractivity (Wildman–Crippen MR) is 94.6 cm³/mol. The summed E-state index contributed by atoms with van der Waals surface area (Å²) in [5.74, 6) is -0.119. The largest absolute Gasteiger partial charge is 0.342 e. The van der Waals surface area contributed by atoms with E-state index in [1.165, 1.54) is 16.8 Å². The minimum atomic E-state index is -0.119. The van der Waals surface area contributed by atoms with Crippen LogP contribution >= 0.6 is 0 Å². The highest BCUT2D eigenvalue weighted by Crippen LogP contribution is 2.37. The Morgan fingerprint density at radius 1 is 1.21 bits per heavy atom. The number of hydrogen-bond acceptors (Lipinski definition) is 2. The van der Waals surface area contributed by atoms with Crippen LogP contribution in [-0.4, -0.2) is 28.0 Å². The van der Waals surface area contributed by atoms with Gasteiger partial charge in [0.05, 0.1) is 5.52 Å². The monoisotopic (exact) mass is 323 g/mol. The van der Waals surface area contributed by atoms with Gasteiger partial charge >= 0.3 is 0 Å². The molecule has 0 bridgehead atoms. The van der Waals surface area contributed by atoms with Crippen molar-refractivity contribution in [3.8, 4) is 0 Å². The second kappa shape index (κ2) is 6.02. The molecule has 0 radical (unpaired) electrons. The molecule has 2 aromatic heterocycles. The van der Waals surface area contributed by atoms with E-state index in [2.05, 4.69) is 34.5 Å². The Labute approximate surface area is 141 Å². The van der Waals surface area contributed by atoms with E-state index >= 15 is 0 Å². The molecule has 1 atom stereocenters. The van der Waals surface area contributed by atoms with Gasteiger partial charge in [0.15, 0.2) is 0 Å². The average Bonchev–Trinajstić information content (AvgIpc) is 2.93. The van der Waals surface area contributed by atoms with Crippen molar-refractivity contribution in [1.82, 2.24) is 14.5 Å². The first-order valence-corrected chi connectivity index (χ1v) is 8.55. The minimum absolute atomic E-state index is 0.119. The van der Waals surface area contributed by atoms with Crippen LogP contribution in [0, 0.1) is 5.82 Å². The van der Waals surface area contributed by atoms with Crippen molar-refractivity contribution in [3.63, 3.8) is 0 Å². The van der Waals surface area contributed by atoms with Gasteiger partial charge in [0, 0.05) is 49.0 Å². The molecule has 124 valence electrons. The van der Waals surface area contributed by atoms with E-state index in [0.717, 1.165) is 36.8 Å². The van der Waals surface area contributed by atoms with E-state index in [9.17, 15) is 4.39 Å². The zero-order valence-corrected chi connectivity index (χ0v) is 14.2. The molecular weight excluding hydrogens is 301 g/mol. The van der Waals surface area contributed by atoms with Gasteiger partial charge < -0.3 is 4.57 Å². The van der Waals surface area contributed by atoms with Gasteiger partial charge in [0.1, 0.15) is 5.82 Å². The predicted octanol–water partition coefficient (Wildman–Crippen LogP) is 3.97. The molecule has 0 saturated heterocycles. The first kappa shape index (κ1) is 15.3. The van der Waals surface area contributed by atoms with Gasteiger partial charge in [-0.2, -0.15) is 0 Å². The fourth-order valence-electron chi connectivity index (χ4n) is 3.91. The number of pyridine rings is 1. The highest BCUT2D eigenvalue weighted by molar-refractivity contribution is 5.87. The Bertz CT molecular complexity index is 869. The molecule has 0 saturated carbocycles. The van der Waals surface area contributed by atoms with Crippen molar-refractivity contribution in [2.75, 3.05) is 13.6 Å². The first-order chi connectivity index (χ1) is 11.7. The average molecular weight is 323 g/mol. The van der Waals surface area contributed by atoms with Gasteiger partial charge in [-0.05, 0) is 49.7 Å². The standard InChI is InChI=1S/C20H22FN3/c1-14-19-16-4-3-5-17(21)20(16)24(18(19)9-12-23(14)2)13-8-15-6-10-22-11-7-15/h3-7,10-11,14H,8-9,12-13H2,1-2H3. The molecule has 24 heavy (non-hydrogen) atoms. The van der Waals surface area contributed by atoms with Gasteiger partial charge in [0.25, 0.3) is 0 Å². The third-order valence-corrected chi connectivity index (χ3v) is 5.34. The molecule has 0 aliphatic carbocycles. The topological polar surface area (TPSA) is 21.1 Å². The summed E-state index contributed by atoms with van der Waals surface area (Å²) in [7, 11) is 2.15. The molecule has 1 aliphatic rings.